The molecule has 2 heterocycles. The molecule has 1 atom stereocenters. The van der Waals surface area contributed by atoms with Gasteiger partial charge >= 0.3 is 0 Å². The van der Waals surface area contributed by atoms with E-state index in [1.807, 2.05) is 0 Å². The van der Waals surface area contributed by atoms with Gasteiger partial charge in [-0.1, -0.05) is 0 Å². The Morgan fingerprint density at radius 3 is 2.58 bits per heavy atom. The van der Waals surface area contributed by atoms with Crippen molar-refractivity contribution in [3.8, 4) is 0 Å². The average Bonchev–Trinajstić information content (AvgIpc) is 3.01. The molecule has 0 bridgehead atoms. The van der Waals surface area contributed by atoms with Crippen LogP contribution in [-0.4, -0.2) is 38.9 Å². The molecule has 19 heavy (non-hydrogen) atoms. The fourth-order valence-electron chi connectivity index (χ4n) is 3.00. The van der Waals surface area contributed by atoms with Crippen LogP contribution in [-0.2, 0) is 10.0 Å². The Balaban J connectivity index is 1.84. The van der Waals surface area contributed by atoms with Crippen molar-refractivity contribution < 1.29 is 12.8 Å². The number of nitrogens with one attached hydrogen (secondary N) is 1. The molecule has 3 rings (SSSR count). The second kappa shape index (κ2) is 4.54. The van der Waals surface area contributed by atoms with Gasteiger partial charge < -0.3 is 5.32 Å². The van der Waals surface area contributed by atoms with Crippen molar-refractivity contribution in [2.24, 2.45) is 5.41 Å². The minimum absolute atomic E-state index is 0.104. The Bertz CT molecular complexity index is 565. The van der Waals surface area contributed by atoms with Crippen LogP contribution >= 0.6 is 0 Å². The normalized spacial score (nSPS) is 28.3. The summed E-state index contributed by atoms with van der Waals surface area (Å²) >= 11 is 0. The first-order chi connectivity index (χ1) is 9.02. The van der Waals surface area contributed by atoms with Crippen LogP contribution in [0.15, 0.2) is 29.2 Å². The number of benzene rings is 1. The predicted octanol–water partition coefficient (Wildman–Crippen LogP) is 1.20. The molecule has 1 spiro atoms. The minimum atomic E-state index is -3.48. The molecular weight excluding hydrogens is 267 g/mol. The molecule has 1 aromatic rings. The van der Waals surface area contributed by atoms with E-state index in [-0.39, 0.29) is 10.3 Å². The molecule has 0 aliphatic carbocycles. The first-order valence-electron chi connectivity index (χ1n) is 6.48. The molecule has 104 valence electrons. The zero-order valence-electron chi connectivity index (χ0n) is 10.6. The molecular formula is C13H17FN2O2S. The minimum Gasteiger partial charge on any atom is -0.316 e. The van der Waals surface area contributed by atoms with Gasteiger partial charge in [0.25, 0.3) is 0 Å². The zero-order valence-corrected chi connectivity index (χ0v) is 11.4. The maximum Gasteiger partial charge on any atom is 0.243 e. The van der Waals surface area contributed by atoms with E-state index in [1.165, 1.54) is 28.6 Å². The molecule has 1 aromatic carbocycles. The van der Waals surface area contributed by atoms with Crippen LogP contribution in [0.4, 0.5) is 4.39 Å². The number of sulfonamides is 1. The van der Waals surface area contributed by atoms with Gasteiger partial charge in [-0.3, -0.25) is 0 Å². The van der Waals surface area contributed by atoms with Gasteiger partial charge in [-0.2, -0.15) is 4.31 Å². The molecule has 6 heteroatoms. The quantitative estimate of drug-likeness (QED) is 0.888. The lowest BCUT2D eigenvalue weighted by Crippen LogP contribution is -2.33. The van der Waals surface area contributed by atoms with E-state index in [4.69, 9.17) is 0 Å². The van der Waals surface area contributed by atoms with Crippen molar-refractivity contribution in [1.82, 2.24) is 9.62 Å². The molecule has 0 amide bonds. The monoisotopic (exact) mass is 284 g/mol. The van der Waals surface area contributed by atoms with E-state index in [1.54, 1.807) is 0 Å². The van der Waals surface area contributed by atoms with Gasteiger partial charge in [-0.05, 0) is 49.1 Å². The van der Waals surface area contributed by atoms with E-state index in [9.17, 15) is 12.8 Å². The fourth-order valence-corrected chi connectivity index (χ4v) is 4.55. The third-order valence-electron chi connectivity index (χ3n) is 4.19. The van der Waals surface area contributed by atoms with Crippen LogP contribution in [0.3, 0.4) is 0 Å². The third-order valence-corrected chi connectivity index (χ3v) is 6.05. The molecule has 2 aliphatic rings. The van der Waals surface area contributed by atoms with Crippen molar-refractivity contribution in [2.75, 3.05) is 26.2 Å². The maximum absolute atomic E-state index is 12.9. The highest BCUT2D eigenvalue weighted by Crippen LogP contribution is 2.38. The Kier molecular flexibility index (Phi) is 3.11. The summed E-state index contributed by atoms with van der Waals surface area (Å²) < 4.78 is 39.3. The second-order valence-corrected chi connectivity index (χ2v) is 7.41. The first kappa shape index (κ1) is 13.0. The van der Waals surface area contributed by atoms with Crippen molar-refractivity contribution in [3.63, 3.8) is 0 Å². The SMILES string of the molecule is O=S(=O)(c1ccc(F)cc1)N1CC[C@@]2(CCNC2)C1. The summed E-state index contributed by atoms with van der Waals surface area (Å²) in [4.78, 5) is 0.178. The molecule has 0 radical (unpaired) electrons. The van der Waals surface area contributed by atoms with Crippen LogP contribution in [0.2, 0.25) is 0 Å². The Hall–Kier alpha value is -0.980. The van der Waals surface area contributed by atoms with Gasteiger partial charge in [-0.15, -0.1) is 0 Å². The summed E-state index contributed by atoms with van der Waals surface area (Å²) in [6.07, 6.45) is 1.93. The summed E-state index contributed by atoms with van der Waals surface area (Å²) in [5.74, 6) is -0.420. The number of hydrogen-bond donors (Lipinski definition) is 1. The van der Waals surface area contributed by atoms with Crippen LogP contribution in [0, 0.1) is 11.2 Å². The molecule has 2 fully saturated rings. The summed E-state index contributed by atoms with van der Waals surface area (Å²) in [5.41, 5.74) is 0.104. The zero-order chi connectivity index (χ0) is 13.5. The number of hydrogen-bond acceptors (Lipinski definition) is 3. The first-order valence-corrected chi connectivity index (χ1v) is 7.92. The highest BCUT2D eigenvalue weighted by atomic mass is 32.2. The molecule has 0 unspecified atom stereocenters. The van der Waals surface area contributed by atoms with Crippen LogP contribution in [0.25, 0.3) is 0 Å². The predicted molar refractivity (Wildman–Crippen MR) is 69.7 cm³/mol. The Morgan fingerprint density at radius 2 is 1.95 bits per heavy atom. The fraction of sp³-hybridized carbons (Fsp3) is 0.538. The summed E-state index contributed by atoms with van der Waals surface area (Å²) in [6, 6.07) is 5.05. The van der Waals surface area contributed by atoms with E-state index in [2.05, 4.69) is 5.32 Å². The molecule has 2 saturated heterocycles. The van der Waals surface area contributed by atoms with Crippen molar-refractivity contribution >= 4 is 10.0 Å². The van der Waals surface area contributed by atoms with E-state index >= 15 is 0 Å². The van der Waals surface area contributed by atoms with E-state index in [0.717, 1.165) is 25.9 Å². The van der Waals surface area contributed by atoms with Gasteiger partial charge in [0.05, 0.1) is 4.90 Å². The highest BCUT2D eigenvalue weighted by Gasteiger charge is 2.44. The summed E-state index contributed by atoms with van der Waals surface area (Å²) in [7, 11) is -3.48. The van der Waals surface area contributed by atoms with Crippen LogP contribution < -0.4 is 5.32 Å². The van der Waals surface area contributed by atoms with Gasteiger partial charge in [0.1, 0.15) is 5.82 Å². The van der Waals surface area contributed by atoms with E-state index < -0.39 is 15.8 Å². The standard InChI is InChI=1S/C13H17FN2O2S/c14-11-1-3-12(4-2-11)19(17,18)16-8-6-13(10-16)5-7-15-9-13/h1-4,15H,5-10H2/t13-/m1/s1. The molecule has 0 saturated carbocycles. The lowest BCUT2D eigenvalue weighted by atomic mass is 9.87. The smallest absolute Gasteiger partial charge is 0.243 e. The lowest BCUT2D eigenvalue weighted by molar-refractivity contribution is 0.338. The van der Waals surface area contributed by atoms with Crippen LogP contribution in [0.1, 0.15) is 12.8 Å². The average molecular weight is 284 g/mol. The Labute approximate surface area is 112 Å². The third kappa shape index (κ3) is 2.28. The van der Waals surface area contributed by atoms with Gasteiger partial charge in [0.15, 0.2) is 0 Å². The van der Waals surface area contributed by atoms with E-state index in [0.29, 0.717) is 13.1 Å². The van der Waals surface area contributed by atoms with Crippen molar-refractivity contribution in [2.45, 2.75) is 17.7 Å². The van der Waals surface area contributed by atoms with Crippen molar-refractivity contribution in [1.29, 1.82) is 0 Å². The second-order valence-electron chi connectivity index (χ2n) is 5.47. The summed E-state index contributed by atoms with van der Waals surface area (Å²) in [6.45, 7) is 2.98. The van der Waals surface area contributed by atoms with Gasteiger partial charge in [-0.25, -0.2) is 12.8 Å². The number of rotatable bonds is 2. The largest absolute Gasteiger partial charge is 0.316 e. The maximum atomic E-state index is 12.9. The molecule has 2 aliphatic heterocycles. The Morgan fingerprint density at radius 1 is 1.21 bits per heavy atom. The molecule has 0 aromatic heterocycles. The number of nitrogens with zero attached hydrogens (tertiary/aromatic N) is 1. The highest BCUT2D eigenvalue weighted by molar-refractivity contribution is 7.89. The van der Waals surface area contributed by atoms with Crippen molar-refractivity contribution in [3.05, 3.63) is 30.1 Å². The lowest BCUT2D eigenvalue weighted by Gasteiger charge is -2.22. The molecule has 1 N–H and O–H groups in total. The summed E-state index contributed by atoms with van der Waals surface area (Å²) in [5, 5.41) is 3.30. The topological polar surface area (TPSA) is 49.4 Å². The van der Waals surface area contributed by atoms with Gasteiger partial charge in [0.2, 0.25) is 10.0 Å². The number of halogens is 1. The molecule has 4 nitrogen and oxygen atoms in total. The van der Waals surface area contributed by atoms with Gasteiger partial charge in [0, 0.05) is 19.6 Å². The van der Waals surface area contributed by atoms with Crippen LogP contribution in [0.5, 0.6) is 0 Å².